The summed E-state index contributed by atoms with van der Waals surface area (Å²) in [6.45, 7) is 0. The Labute approximate surface area is 106 Å². The normalized spacial score (nSPS) is 10.2. The van der Waals surface area contributed by atoms with E-state index in [2.05, 4.69) is 0 Å². The molecule has 2 rings (SSSR count). The maximum Gasteiger partial charge on any atom is 0.270 e. The molecule has 0 aliphatic carbocycles. The molecule has 0 saturated carbocycles. The molecule has 1 aromatic heterocycles. The van der Waals surface area contributed by atoms with Crippen LogP contribution in [0.5, 0.6) is 0 Å². The molecular weight excluding hydrogens is 254 g/mol. The van der Waals surface area contributed by atoms with Gasteiger partial charge in [0.25, 0.3) is 11.6 Å². The van der Waals surface area contributed by atoms with Crippen molar-refractivity contribution in [2.75, 3.05) is 5.73 Å². The first-order valence-electron chi connectivity index (χ1n) is 4.92. The smallest absolute Gasteiger partial charge is 0.270 e. The van der Waals surface area contributed by atoms with E-state index in [1.165, 1.54) is 23.5 Å². The molecular formula is C11H9N3O3S. The van der Waals surface area contributed by atoms with Crippen molar-refractivity contribution in [2.24, 2.45) is 5.73 Å². The van der Waals surface area contributed by atoms with Gasteiger partial charge in [-0.2, -0.15) is 0 Å². The Balaban J connectivity index is 2.59. The third-order valence-electron chi connectivity index (χ3n) is 2.43. The summed E-state index contributed by atoms with van der Waals surface area (Å²) in [5, 5.41) is 12.7. The Bertz CT molecular complexity index is 636. The second-order valence-electron chi connectivity index (χ2n) is 3.56. The first-order valence-corrected chi connectivity index (χ1v) is 5.80. The topological polar surface area (TPSA) is 112 Å². The van der Waals surface area contributed by atoms with E-state index in [1.807, 2.05) is 0 Å². The summed E-state index contributed by atoms with van der Waals surface area (Å²) in [6, 6.07) is 5.98. The number of hydrogen-bond donors (Lipinski definition) is 2. The predicted molar refractivity (Wildman–Crippen MR) is 69.3 cm³/mol. The molecule has 1 aromatic carbocycles. The number of rotatable bonds is 3. The van der Waals surface area contributed by atoms with Crippen molar-refractivity contribution < 1.29 is 9.72 Å². The zero-order valence-corrected chi connectivity index (χ0v) is 9.94. The van der Waals surface area contributed by atoms with Gasteiger partial charge in [-0.05, 0) is 5.56 Å². The summed E-state index contributed by atoms with van der Waals surface area (Å²) in [4.78, 5) is 21.5. The molecule has 7 heteroatoms. The number of nitrogens with zero attached hydrogens (tertiary/aromatic N) is 1. The van der Waals surface area contributed by atoms with E-state index in [1.54, 1.807) is 17.5 Å². The minimum atomic E-state index is -0.643. The zero-order chi connectivity index (χ0) is 13.3. The van der Waals surface area contributed by atoms with Crippen LogP contribution in [-0.2, 0) is 0 Å². The Kier molecular flexibility index (Phi) is 2.99. The summed E-state index contributed by atoms with van der Waals surface area (Å²) in [7, 11) is 0. The zero-order valence-electron chi connectivity index (χ0n) is 9.12. The monoisotopic (exact) mass is 263 g/mol. The number of nitrogens with two attached hydrogens (primary N) is 2. The van der Waals surface area contributed by atoms with Gasteiger partial charge in [-0.15, -0.1) is 11.3 Å². The number of primary amides is 1. The van der Waals surface area contributed by atoms with Crippen LogP contribution in [0.1, 0.15) is 10.4 Å². The molecule has 92 valence electrons. The van der Waals surface area contributed by atoms with Crippen molar-refractivity contribution >= 4 is 27.9 Å². The minimum absolute atomic E-state index is 0.0484. The molecule has 0 unspecified atom stereocenters. The maximum absolute atomic E-state index is 11.3. The number of anilines is 1. The minimum Gasteiger partial charge on any atom is -0.390 e. The van der Waals surface area contributed by atoms with E-state index < -0.39 is 10.8 Å². The van der Waals surface area contributed by atoms with Crippen molar-refractivity contribution in [3.63, 3.8) is 0 Å². The van der Waals surface area contributed by atoms with Gasteiger partial charge in [-0.25, -0.2) is 0 Å². The number of carbonyl (C=O) groups excluding carboxylic acids is 1. The van der Waals surface area contributed by atoms with Crippen LogP contribution in [0.3, 0.4) is 0 Å². The lowest BCUT2D eigenvalue weighted by Gasteiger charge is -2.02. The highest BCUT2D eigenvalue weighted by Crippen LogP contribution is 2.34. The van der Waals surface area contributed by atoms with Gasteiger partial charge in [0, 0.05) is 23.1 Å². The van der Waals surface area contributed by atoms with Gasteiger partial charge in [0.15, 0.2) is 0 Å². The molecule has 0 bridgehead atoms. The number of benzene rings is 1. The fourth-order valence-corrected chi connectivity index (χ4v) is 2.45. The number of non-ortho nitro benzene ring substituents is 1. The molecule has 1 heterocycles. The van der Waals surface area contributed by atoms with Crippen molar-refractivity contribution in [1.82, 2.24) is 0 Å². The average Bonchev–Trinajstić information content (AvgIpc) is 2.71. The summed E-state index contributed by atoms with van der Waals surface area (Å²) >= 11 is 1.18. The number of thiophene rings is 1. The number of hydrogen-bond acceptors (Lipinski definition) is 5. The van der Waals surface area contributed by atoms with Gasteiger partial charge in [-0.1, -0.05) is 12.1 Å². The largest absolute Gasteiger partial charge is 0.390 e. The number of nitro benzene ring substituents is 1. The molecule has 2 aromatic rings. The van der Waals surface area contributed by atoms with E-state index in [0.717, 1.165) is 0 Å². The van der Waals surface area contributed by atoms with Crippen LogP contribution in [-0.4, -0.2) is 10.8 Å². The third-order valence-corrected chi connectivity index (χ3v) is 3.25. The van der Waals surface area contributed by atoms with E-state index in [-0.39, 0.29) is 11.3 Å². The van der Waals surface area contributed by atoms with Gasteiger partial charge in [-0.3, -0.25) is 14.9 Å². The van der Waals surface area contributed by atoms with Gasteiger partial charge >= 0.3 is 0 Å². The standard InChI is InChI=1S/C11H9N3O3S/c12-10(15)9-8(5-18-11(9)13)6-2-1-3-7(4-6)14(16)17/h1-5H,13H2,(H2,12,15). The molecule has 1 amide bonds. The van der Waals surface area contributed by atoms with Gasteiger partial charge in [0.05, 0.1) is 15.5 Å². The second-order valence-corrected chi connectivity index (χ2v) is 4.47. The summed E-state index contributed by atoms with van der Waals surface area (Å²) in [6.07, 6.45) is 0. The van der Waals surface area contributed by atoms with Crippen LogP contribution < -0.4 is 11.5 Å². The highest BCUT2D eigenvalue weighted by molar-refractivity contribution is 7.15. The third kappa shape index (κ3) is 2.03. The summed E-state index contributed by atoms with van der Waals surface area (Å²) in [5.41, 5.74) is 12.1. The highest BCUT2D eigenvalue weighted by atomic mass is 32.1. The number of nitrogen functional groups attached to an aromatic ring is 1. The molecule has 0 spiro atoms. The SMILES string of the molecule is NC(=O)c1c(-c2cccc([N+](=O)[O-])c2)csc1N. The lowest BCUT2D eigenvalue weighted by Crippen LogP contribution is -2.12. The number of carbonyl (C=O) groups is 1. The molecule has 6 nitrogen and oxygen atoms in total. The Morgan fingerprint density at radius 2 is 2.11 bits per heavy atom. The van der Waals surface area contributed by atoms with Crippen molar-refractivity contribution in [2.45, 2.75) is 0 Å². The van der Waals surface area contributed by atoms with E-state index in [0.29, 0.717) is 16.1 Å². The van der Waals surface area contributed by atoms with Crippen molar-refractivity contribution in [3.8, 4) is 11.1 Å². The van der Waals surface area contributed by atoms with E-state index in [4.69, 9.17) is 11.5 Å². The molecule has 0 saturated heterocycles. The van der Waals surface area contributed by atoms with Crippen LogP contribution in [0.15, 0.2) is 29.6 Å². The van der Waals surface area contributed by atoms with Gasteiger partial charge in [0.1, 0.15) is 0 Å². The Morgan fingerprint density at radius 3 is 2.72 bits per heavy atom. The van der Waals surface area contributed by atoms with E-state index in [9.17, 15) is 14.9 Å². The lowest BCUT2D eigenvalue weighted by molar-refractivity contribution is -0.384. The second kappa shape index (κ2) is 4.46. The summed E-state index contributed by atoms with van der Waals surface area (Å²) in [5.74, 6) is -0.643. The molecule has 0 atom stereocenters. The van der Waals surface area contributed by atoms with Crippen LogP contribution in [0.2, 0.25) is 0 Å². The van der Waals surface area contributed by atoms with Crippen molar-refractivity contribution in [1.29, 1.82) is 0 Å². The molecule has 0 fully saturated rings. The summed E-state index contributed by atoms with van der Waals surface area (Å²) < 4.78 is 0. The van der Waals surface area contributed by atoms with Gasteiger partial charge < -0.3 is 11.5 Å². The molecule has 0 aliphatic heterocycles. The first kappa shape index (κ1) is 12.1. The highest BCUT2D eigenvalue weighted by Gasteiger charge is 2.17. The number of nitro groups is 1. The molecule has 4 N–H and O–H groups in total. The average molecular weight is 263 g/mol. The van der Waals surface area contributed by atoms with E-state index >= 15 is 0 Å². The van der Waals surface area contributed by atoms with Crippen LogP contribution in [0.4, 0.5) is 10.7 Å². The molecule has 18 heavy (non-hydrogen) atoms. The Hall–Kier alpha value is -2.41. The Morgan fingerprint density at radius 1 is 1.39 bits per heavy atom. The van der Waals surface area contributed by atoms with Crippen LogP contribution in [0, 0.1) is 10.1 Å². The first-order chi connectivity index (χ1) is 8.50. The number of amides is 1. The predicted octanol–water partition coefficient (Wildman–Crippen LogP) is 2.00. The van der Waals surface area contributed by atoms with Crippen LogP contribution >= 0.6 is 11.3 Å². The van der Waals surface area contributed by atoms with Crippen molar-refractivity contribution in [3.05, 3.63) is 45.3 Å². The fourth-order valence-electron chi connectivity index (χ4n) is 1.63. The van der Waals surface area contributed by atoms with Gasteiger partial charge in [0.2, 0.25) is 0 Å². The fraction of sp³-hybridized carbons (Fsp3) is 0. The lowest BCUT2D eigenvalue weighted by atomic mass is 10.0. The molecule has 0 radical (unpaired) electrons. The quantitative estimate of drug-likeness (QED) is 0.651. The maximum atomic E-state index is 11.3. The molecule has 0 aliphatic rings. The van der Waals surface area contributed by atoms with Crippen LogP contribution in [0.25, 0.3) is 11.1 Å².